The first-order valence-corrected chi connectivity index (χ1v) is 7.18. The van der Waals surface area contributed by atoms with Crippen LogP contribution >= 0.6 is 0 Å². The zero-order valence-electron chi connectivity index (χ0n) is 14.0. The van der Waals surface area contributed by atoms with Crippen molar-refractivity contribution in [1.82, 2.24) is 0 Å². The Morgan fingerprint density at radius 1 is 0.920 bits per heavy atom. The van der Waals surface area contributed by atoms with E-state index >= 15 is 0 Å². The highest BCUT2D eigenvalue weighted by molar-refractivity contribution is 5.77. The van der Waals surface area contributed by atoms with E-state index in [1.54, 1.807) is 0 Å². The van der Waals surface area contributed by atoms with Gasteiger partial charge in [-0.2, -0.15) is 30.7 Å². The van der Waals surface area contributed by atoms with E-state index in [9.17, 15) is 40.3 Å². The lowest BCUT2D eigenvalue weighted by atomic mass is 9.88. The highest BCUT2D eigenvalue weighted by Crippen LogP contribution is 2.46. The number of ether oxygens (including phenoxy) is 2. The molecule has 1 unspecified atom stereocenters. The van der Waals surface area contributed by atoms with Crippen LogP contribution in [0.3, 0.4) is 0 Å². The van der Waals surface area contributed by atoms with Crippen LogP contribution in [-0.4, -0.2) is 43.2 Å². The van der Waals surface area contributed by atoms with Crippen molar-refractivity contribution >= 4 is 11.9 Å². The number of hydrogen-bond acceptors (Lipinski definition) is 4. The molecule has 0 aliphatic carbocycles. The highest BCUT2D eigenvalue weighted by atomic mass is 19.4. The highest BCUT2D eigenvalue weighted by Gasteiger charge is 2.73. The normalized spacial score (nSPS) is 15.7. The Balaban J connectivity index is 5.03. The number of carbonyl (C=O) groups excluding carboxylic acids is 2. The molecule has 0 heterocycles. The molecule has 0 aromatic heterocycles. The van der Waals surface area contributed by atoms with E-state index in [4.69, 9.17) is 4.74 Å². The summed E-state index contributed by atoms with van der Waals surface area (Å²) in [7, 11) is 0. The summed E-state index contributed by atoms with van der Waals surface area (Å²) in [4.78, 5) is 23.2. The predicted octanol–water partition coefficient (Wildman–Crippen LogP) is 3.98. The summed E-state index contributed by atoms with van der Waals surface area (Å²) in [5.41, 5.74) is -1.67. The maximum Gasteiger partial charge on any atom is 0.460 e. The van der Waals surface area contributed by atoms with Crippen molar-refractivity contribution in [3.63, 3.8) is 0 Å². The molecule has 0 rings (SSSR count). The molecule has 0 bridgehead atoms. The molecular formula is C14H19F7O4. The number of hydrogen-bond donors (Lipinski definition) is 0. The van der Waals surface area contributed by atoms with Crippen LogP contribution in [-0.2, 0) is 19.1 Å². The predicted molar refractivity (Wildman–Crippen MR) is 71.1 cm³/mol. The molecular weight excluding hydrogens is 365 g/mol. The minimum Gasteiger partial charge on any atom is -0.464 e. The van der Waals surface area contributed by atoms with Gasteiger partial charge in [0.15, 0.2) is 6.61 Å². The average Bonchev–Trinajstić information content (AvgIpc) is 2.48. The van der Waals surface area contributed by atoms with Crippen molar-refractivity contribution in [3.8, 4) is 0 Å². The molecule has 25 heavy (non-hydrogen) atoms. The molecule has 0 aliphatic rings. The Kier molecular flexibility index (Phi) is 7.29. The average molecular weight is 384 g/mol. The van der Waals surface area contributed by atoms with Gasteiger partial charge in [0.1, 0.15) is 6.61 Å². The Labute approximate surface area is 139 Å². The Morgan fingerprint density at radius 2 is 1.40 bits per heavy atom. The zero-order valence-corrected chi connectivity index (χ0v) is 14.0. The fourth-order valence-corrected chi connectivity index (χ4v) is 1.33. The molecule has 0 aliphatic heterocycles. The fourth-order valence-electron chi connectivity index (χ4n) is 1.33. The third-order valence-electron chi connectivity index (χ3n) is 3.48. The van der Waals surface area contributed by atoms with Crippen molar-refractivity contribution in [2.75, 3.05) is 13.2 Å². The van der Waals surface area contributed by atoms with Gasteiger partial charge in [-0.05, 0) is 13.3 Å². The Bertz CT molecular complexity index is 488. The lowest BCUT2D eigenvalue weighted by Gasteiger charge is -2.30. The maximum absolute atomic E-state index is 13.1. The molecule has 0 fully saturated rings. The van der Waals surface area contributed by atoms with Crippen LogP contribution in [0.4, 0.5) is 30.7 Å². The monoisotopic (exact) mass is 384 g/mol. The van der Waals surface area contributed by atoms with Crippen LogP contribution in [0.5, 0.6) is 0 Å². The minimum atomic E-state index is -6.51. The number of rotatable bonds is 8. The third-order valence-corrected chi connectivity index (χ3v) is 3.48. The SMILES string of the molecule is CCC(C)(COC(=O)C(C)C)C(=O)OCC(F)(F)C(F)(F)C(F)(F)F. The Hall–Kier alpha value is -1.55. The molecule has 4 nitrogen and oxygen atoms in total. The molecule has 0 N–H and O–H groups in total. The standard InChI is InChI=1S/C14H19F7O4/c1-5-11(4,6-24-9(22)8(2)3)10(23)25-7-12(15,16)13(17,18)14(19,20)21/h8H,5-7H2,1-4H3. The van der Waals surface area contributed by atoms with Gasteiger partial charge in [-0.1, -0.05) is 20.8 Å². The first-order valence-electron chi connectivity index (χ1n) is 7.18. The summed E-state index contributed by atoms with van der Waals surface area (Å²) < 4.78 is 96.6. The first-order chi connectivity index (χ1) is 11.0. The molecule has 0 radical (unpaired) electrons. The van der Waals surface area contributed by atoms with Crippen LogP contribution < -0.4 is 0 Å². The van der Waals surface area contributed by atoms with Crippen LogP contribution in [0.25, 0.3) is 0 Å². The minimum absolute atomic E-state index is 0.0988. The summed E-state index contributed by atoms with van der Waals surface area (Å²) in [5, 5.41) is 0. The van der Waals surface area contributed by atoms with Crippen molar-refractivity contribution in [2.45, 2.75) is 52.1 Å². The van der Waals surface area contributed by atoms with E-state index < -0.39 is 54.5 Å². The molecule has 0 saturated carbocycles. The van der Waals surface area contributed by atoms with E-state index in [0.29, 0.717) is 0 Å². The van der Waals surface area contributed by atoms with E-state index in [2.05, 4.69) is 4.74 Å². The summed E-state index contributed by atoms with van der Waals surface area (Å²) in [6.45, 7) is 2.45. The quantitative estimate of drug-likeness (QED) is 0.469. The fraction of sp³-hybridized carbons (Fsp3) is 0.857. The first kappa shape index (κ1) is 23.4. The number of carbonyl (C=O) groups is 2. The molecule has 1 atom stereocenters. The smallest absolute Gasteiger partial charge is 0.460 e. The van der Waals surface area contributed by atoms with Crippen molar-refractivity contribution < 1.29 is 49.8 Å². The molecule has 0 saturated heterocycles. The second-order valence-corrected chi connectivity index (χ2v) is 6.03. The third kappa shape index (κ3) is 5.46. The van der Waals surface area contributed by atoms with E-state index in [1.807, 2.05) is 0 Å². The number of halogens is 7. The number of esters is 2. The Morgan fingerprint density at radius 3 is 1.76 bits per heavy atom. The van der Waals surface area contributed by atoms with Gasteiger partial charge < -0.3 is 9.47 Å². The maximum atomic E-state index is 13.1. The van der Waals surface area contributed by atoms with E-state index in [0.717, 1.165) is 6.92 Å². The van der Waals surface area contributed by atoms with Gasteiger partial charge >= 0.3 is 30.0 Å². The lowest BCUT2D eigenvalue weighted by molar-refractivity contribution is -0.360. The van der Waals surface area contributed by atoms with Gasteiger partial charge in [0, 0.05) is 0 Å². The van der Waals surface area contributed by atoms with Gasteiger partial charge in [-0.25, -0.2) is 0 Å². The molecule has 148 valence electrons. The topological polar surface area (TPSA) is 52.6 Å². The van der Waals surface area contributed by atoms with Gasteiger partial charge in [-0.15, -0.1) is 0 Å². The van der Waals surface area contributed by atoms with E-state index in [-0.39, 0.29) is 6.42 Å². The molecule has 0 amide bonds. The summed E-state index contributed by atoms with van der Waals surface area (Å²) in [6.07, 6.45) is -6.61. The summed E-state index contributed by atoms with van der Waals surface area (Å²) >= 11 is 0. The van der Waals surface area contributed by atoms with Crippen LogP contribution in [0.1, 0.15) is 34.1 Å². The number of alkyl halides is 7. The lowest BCUT2D eigenvalue weighted by Crippen LogP contribution is -2.55. The van der Waals surface area contributed by atoms with Crippen LogP contribution in [0, 0.1) is 11.3 Å². The van der Waals surface area contributed by atoms with Crippen LogP contribution in [0.2, 0.25) is 0 Å². The van der Waals surface area contributed by atoms with Crippen molar-refractivity contribution in [3.05, 3.63) is 0 Å². The molecule has 0 spiro atoms. The molecule has 0 aromatic rings. The van der Waals surface area contributed by atoms with E-state index in [1.165, 1.54) is 20.8 Å². The van der Waals surface area contributed by atoms with Crippen molar-refractivity contribution in [2.24, 2.45) is 11.3 Å². The second-order valence-electron chi connectivity index (χ2n) is 6.03. The zero-order chi connectivity index (χ0) is 20.3. The molecule has 11 heteroatoms. The van der Waals surface area contributed by atoms with Crippen molar-refractivity contribution in [1.29, 1.82) is 0 Å². The summed E-state index contributed by atoms with van der Waals surface area (Å²) in [6, 6.07) is 0. The van der Waals surface area contributed by atoms with Gasteiger partial charge in [0.2, 0.25) is 0 Å². The van der Waals surface area contributed by atoms with Gasteiger partial charge in [-0.3, -0.25) is 9.59 Å². The van der Waals surface area contributed by atoms with Crippen LogP contribution in [0.15, 0.2) is 0 Å². The molecule has 0 aromatic carbocycles. The second kappa shape index (κ2) is 7.77. The summed E-state index contributed by atoms with van der Waals surface area (Å²) in [5.74, 6) is -14.8. The van der Waals surface area contributed by atoms with Gasteiger partial charge in [0.25, 0.3) is 0 Å². The van der Waals surface area contributed by atoms with Gasteiger partial charge in [0.05, 0.1) is 11.3 Å². The largest absolute Gasteiger partial charge is 0.464 e.